The van der Waals surface area contributed by atoms with Gasteiger partial charge in [0.15, 0.2) is 0 Å². The van der Waals surface area contributed by atoms with Crippen molar-refractivity contribution in [3.05, 3.63) is 60.8 Å². The van der Waals surface area contributed by atoms with Crippen molar-refractivity contribution < 1.29 is 0 Å². The van der Waals surface area contributed by atoms with Crippen molar-refractivity contribution in [2.75, 3.05) is 36.0 Å². The van der Waals surface area contributed by atoms with Gasteiger partial charge in [-0.3, -0.25) is 4.98 Å². The summed E-state index contributed by atoms with van der Waals surface area (Å²) in [5.41, 5.74) is 3.34. The highest BCUT2D eigenvalue weighted by atomic mass is 15.3. The maximum atomic E-state index is 8.85. The van der Waals surface area contributed by atoms with E-state index >= 15 is 0 Å². The van der Waals surface area contributed by atoms with Crippen LogP contribution in [0.5, 0.6) is 0 Å². The summed E-state index contributed by atoms with van der Waals surface area (Å²) in [6, 6.07) is 11.5. The molecule has 0 saturated carbocycles. The third-order valence-electron chi connectivity index (χ3n) is 4.39. The fourth-order valence-electron chi connectivity index (χ4n) is 2.98. The first kappa shape index (κ1) is 16.0. The molecule has 4 heterocycles. The van der Waals surface area contributed by atoms with Crippen LogP contribution in [0.15, 0.2) is 55.1 Å². The molecule has 26 heavy (non-hydrogen) atoms. The van der Waals surface area contributed by atoms with Crippen molar-refractivity contribution >= 4 is 11.6 Å². The van der Waals surface area contributed by atoms with E-state index in [1.807, 2.05) is 36.5 Å². The minimum absolute atomic E-state index is 0.438. The van der Waals surface area contributed by atoms with Crippen molar-refractivity contribution in [2.24, 2.45) is 0 Å². The number of hydrogen-bond donors (Lipinski definition) is 0. The second-order valence-corrected chi connectivity index (χ2v) is 5.97. The van der Waals surface area contributed by atoms with Crippen LogP contribution in [0.1, 0.15) is 5.69 Å². The minimum atomic E-state index is 0.438. The van der Waals surface area contributed by atoms with Gasteiger partial charge < -0.3 is 9.80 Å². The van der Waals surface area contributed by atoms with Crippen LogP contribution in [0.3, 0.4) is 0 Å². The summed E-state index contributed by atoms with van der Waals surface area (Å²) in [7, 11) is 0. The molecule has 0 aromatic carbocycles. The van der Waals surface area contributed by atoms with Crippen LogP contribution in [0, 0.1) is 11.3 Å². The van der Waals surface area contributed by atoms with Crippen LogP contribution in [0.4, 0.5) is 11.6 Å². The zero-order valence-corrected chi connectivity index (χ0v) is 14.2. The second-order valence-electron chi connectivity index (χ2n) is 5.97. The summed E-state index contributed by atoms with van der Waals surface area (Å²) in [6.45, 7) is 3.37. The number of rotatable bonds is 3. The molecular weight excluding hydrogens is 326 g/mol. The fourth-order valence-corrected chi connectivity index (χ4v) is 2.98. The zero-order chi connectivity index (χ0) is 17.8. The molecule has 7 heteroatoms. The van der Waals surface area contributed by atoms with E-state index in [-0.39, 0.29) is 0 Å². The monoisotopic (exact) mass is 343 g/mol. The number of anilines is 2. The number of piperazine rings is 1. The first-order valence-electron chi connectivity index (χ1n) is 8.43. The Morgan fingerprint density at radius 1 is 0.885 bits per heavy atom. The average molecular weight is 343 g/mol. The van der Waals surface area contributed by atoms with E-state index in [1.54, 1.807) is 24.7 Å². The first-order valence-corrected chi connectivity index (χ1v) is 8.43. The highest BCUT2D eigenvalue weighted by Gasteiger charge is 2.20. The largest absolute Gasteiger partial charge is 0.367 e. The number of pyridine rings is 2. The van der Waals surface area contributed by atoms with Crippen molar-refractivity contribution in [3.8, 4) is 17.3 Å². The van der Waals surface area contributed by atoms with E-state index in [0.717, 1.165) is 49.1 Å². The Hall–Kier alpha value is -3.53. The maximum absolute atomic E-state index is 8.85. The molecule has 4 rings (SSSR count). The van der Waals surface area contributed by atoms with Crippen LogP contribution in [-0.4, -0.2) is 46.1 Å². The molecule has 0 radical (unpaired) electrons. The number of nitriles is 1. The van der Waals surface area contributed by atoms with Crippen LogP contribution in [0.2, 0.25) is 0 Å². The summed E-state index contributed by atoms with van der Waals surface area (Å²) in [6.07, 6.45) is 7.11. The van der Waals surface area contributed by atoms with Crippen LogP contribution >= 0.6 is 0 Å². The molecule has 0 bridgehead atoms. The van der Waals surface area contributed by atoms with E-state index < -0.39 is 0 Å². The summed E-state index contributed by atoms with van der Waals surface area (Å²) >= 11 is 0. The molecule has 0 N–H and O–H groups in total. The molecule has 7 nitrogen and oxygen atoms in total. The second kappa shape index (κ2) is 7.15. The normalized spacial score (nSPS) is 14.1. The topological polar surface area (TPSA) is 81.8 Å². The van der Waals surface area contributed by atoms with Crippen LogP contribution in [-0.2, 0) is 0 Å². The van der Waals surface area contributed by atoms with Gasteiger partial charge in [-0.15, -0.1) is 0 Å². The van der Waals surface area contributed by atoms with Gasteiger partial charge in [-0.2, -0.15) is 5.26 Å². The van der Waals surface area contributed by atoms with Gasteiger partial charge in [0.05, 0.1) is 17.6 Å². The van der Waals surface area contributed by atoms with Crippen molar-refractivity contribution in [1.29, 1.82) is 5.26 Å². The van der Waals surface area contributed by atoms with E-state index in [0.29, 0.717) is 5.69 Å². The highest BCUT2D eigenvalue weighted by molar-refractivity contribution is 5.59. The quantitative estimate of drug-likeness (QED) is 0.720. The van der Waals surface area contributed by atoms with Gasteiger partial charge in [-0.25, -0.2) is 15.0 Å². The third-order valence-corrected chi connectivity index (χ3v) is 4.39. The summed E-state index contributed by atoms with van der Waals surface area (Å²) in [5.74, 6) is 0.740. The molecule has 128 valence electrons. The Morgan fingerprint density at radius 3 is 2.42 bits per heavy atom. The van der Waals surface area contributed by atoms with E-state index in [4.69, 9.17) is 10.2 Å². The van der Waals surface area contributed by atoms with Crippen LogP contribution < -0.4 is 9.80 Å². The smallest absolute Gasteiger partial charge is 0.225 e. The molecule has 0 amide bonds. The van der Waals surface area contributed by atoms with Crippen molar-refractivity contribution in [3.63, 3.8) is 0 Å². The molecule has 1 aliphatic rings. The molecule has 0 spiro atoms. The number of aromatic nitrogens is 4. The Bertz CT molecular complexity index is 911. The molecule has 0 aliphatic carbocycles. The predicted molar refractivity (Wildman–Crippen MR) is 98.6 cm³/mol. The van der Waals surface area contributed by atoms with Crippen molar-refractivity contribution in [1.82, 2.24) is 19.9 Å². The van der Waals surface area contributed by atoms with Crippen molar-refractivity contribution in [2.45, 2.75) is 0 Å². The SMILES string of the molecule is N#Cc1ccc(N2CCN(c3nccc(-c4cccnc4)n3)CC2)cn1. The molecule has 1 fully saturated rings. The average Bonchev–Trinajstić information content (AvgIpc) is 2.75. The molecule has 3 aromatic heterocycles. The predicted octanol–water partition coefficient (Wildman–Crippen LogP) is 2.13. The zero-order valence-electron chi connectivity index (χ0n) is 14.2. The molecule has 1 aliphatic heterocycles. The highest BCUT2D eigenvalue weighted by Crippen LogP contribution is 2.20. The summed E-state index contributed by atoms with van der Waals surface area (Å²) in [4.78, 5) is 21.9. The van der Waals surface area contributed by atoms with E-state index in [1.165, 1.54) is 0 Å². The van der Waals surface area contributed by atoms with Gasteiger partial charge in [-0.1, -0.05) is 0 Å². The van der Waals surface area contributed by atoms with Gasteiger partial charge >= 0.3 is 0 Å². The number of hydrogen-bond acceptors (Lipinski definition) is 7. The Kier molecular flexibility index (Phi) is 4.39. The van der Waals surface area contributed by atoms with E-state index in [2.05, 4.69) is 24.8 Å². The summed E-state index contributed by atoms with van der Waals surface area (Å²) < 4.78 is 0. The molecule has 1 saturated heterocycles. The molecule has 0 atom stereocenters. The van der Waals surface area contributed by atoms with Gasteiger partial charge in [0.25, 0.3) is 0 Å². The number of nitrogens with zero attached hydrogens (tertiary/aromatic N) is 7. The van der Waals surface area contributed by atoms with E-state index in [9.17, 15) is 0 Å². The Balaban J connectivity index is 1.45. The maximum Gasteiger partial charge on any atom is 0.225 e. The first-order chi connectivity index (χ1) is 12.8. The lowest BCUT2D eigenvalue weighted by Gasteiger charge is -2.36. The van der Waals surface area contributed by atoms with Gasteiger partial charge in [0.1, 0.15) is 11.8 Å². The fraction of sp³-hybridized carbons (Fsp3) is 0.211. The molecule has 3 aromatic rings. The third kappa shape index (κ3) is 3.30. The standard InChI is InChI=1S/C19H17N7/c20-12-16-3-4-17(14-23-16)25-8-10-26(11-9-25)19-22-7-5-18(24-19)15-2-1-6-21-13-15/h1-7,13-14H,8-11H2. The van der Waals surface area contributed by atoms with Gasteiger partial charge in [-0.05, 0) is 30.3 Å². The van der Waals surface area contributed by atoms with Crippen LogP contribution in [0.25, 0.3) is 11.3 Å². The lowest BCUT2D eigenvalue weighted by Crippen LogP contribution is -2.47. The minimum Gasteiger partial charge on any atom is -0.367 e. The lowest BCUT2D eigenvalue weighted by atomic mass is 10.2. The van der Waals surface area contributed by atoms with Gasteiger partial charge in [0, 0.05) is 50.3 Å². The lowest BCUT2D eigenvalue weighted by molar-refractivity contribution is 0.639. The Labute approximate surface area is 151 Å². The Morgan fingerprint density at radius 2 is 1.73 bits per heavy atom. The molecule has 0 unspecified atom stereocenters. The van der Waals surface area contributed by atoms with Gasteiger partial charge in [0.2, 0.25) is 5.95 Å². The molecular formula is C19H17N7. The summed E-state index contributed by atoms with van der Waals surface area (Å²) in [5, 5.41) is 8.85.